The molecule has 0 aromatic rings. The van der Waals surface area contributed by atoms with E-state index in [4.69, 9.17) is 23.2 Å². The van der Waals surface area contributed by atoms with Crippen molar-refractivity contribution >= 4 is 28.5 Å². The highest BCUT2D eigenvalue weighted by Gasteiger charge is 2.15. The zero-order valence-corrected chi connectivity index (χ0v) is 6.75. The van der Waals surface area contributed by atoms with Crippen LogP contribution in [0.1, 0.15) is 0 Å². The van der Waals surface area contributed by atoms with Gasteiger partial charge in [-0.2, -0.15) is 0 Å². The van der Waals surface area contributed by atoms with Crippen LogP contribution < -0.4 is 0 Å². The lowest BCUT2D eigenvalue weighted by molar-refractivity contribution is 0.465. The predicted molar refractivity (Wildman–Crippen MR) is 39.9 cm³/mol. The molecule has 0 aromatic heterocycles. The smallest absolute Gasteiger partial charge is 0.200 e. The summed E-state index contributed by atoms with van der Waals surface area (Å²) in [5.41, 5.74) is 0. The zero-order chi connectivity index (χ0) is 7.72. The number of nitrogens with zero attached hydrogens (tertiary/aromatic N) is 2. The molecule has 0 fully saturated rings. The van der Waals surface area contributed by atoms with Crippen LogP contribution in [0.15, 0.2) is 16.0 Å². The average molecular weight is 183 g/mol. The zero-order valence-electron chi connectivity index (χ0n) is 5.24. The van der Waals surface area contributed by atoms with E-state index in [2.05, 4.69) is 4.99 Å². The average Bonchev–Trinajstić information content (AvgIpc) is 1.84. The van der Waals surface area contributed by atoms with E-state index >= 15 is 0 Å². The summed E-state index contributed by atoms with van der Waals surface area (Å²) in [6.45, 7) is 0.0984. The molecular formula is C5H5Cl2FN2. The Balaban J connectivity index is 2.88. The van der Waals surface area contributed by atoms with Gasteiger partial charge in [-0.1, -0.05) is 11.6 Å². The van der Waals surface area contributed by atoms with Gasteiger partial charge in [0.05, 0.1) is 6.54 Å². The van der Waals surface area contributed by atoms with Crippen LogP contribution in [0.4, 0.5) is 4.39 Å². The van der Waals surface area contributed by atoms with Gasteiger partial charge in [0.15, 0.2) is 16.3 Å². The lowest BCUT2D eigenvalue weighted by Crippen LogP contribution is -2.26. The second-order valence-electron chi connectivity index (χ2n) is 1.93. The van der Waals surface area contributed by atoms with Crippen molar-refractivity contribution in [3.63, 3.8) is 0 Å². The Morgan fingerprint density at radius 2 is 2.20 bits per heavy atom. The predicted octanol–water partition coefficient (Wildman–Crippen LogP) is 1.90. The number of aliphatic imine (C=N–C) groups is 1. The number of likely N-dealkylation sites (N-methyl/N-ethyl adjacent to an activating group) is 1. The van der Waals surface area contributed by atoms with Crippen LogP contribution in [0.25, 0.3) is 0 Å². The summed E-state index contributed by atoms with van der Waals surface area (Å²) in [6.07, 6.45) is 0. The largest absolute Gasteiger partial charge is 0.343 e. The highest BCUT2D eigenvalue weighted by atomic mass is 35.5. The molecule has 0 radical (unpaired) electrons. The van der Waals surface area contributed by atoms with Crippen molar-refractivity contribution in [2.75, 3.05) is 13.6 Å². The number of halogens is 3. The van der Waals surface area contributed by atoms with E-state index in [-0.39, 0.29) is 17.0 Å². The molecule has 0 bridgehead atoms. The van der Waals surface area contributed by atoms with E-state index in [1.54, 1.807) is 7.05 Å². The summed E-state index contributed by atoms with van der Waals surface area (Å²) in [7, 11) is 1.63. The molecule has 1 heterocycles. The third-order valence-electron chi connectivity index (χ3n) is 1.11. The quantitative estimate of drug-likeness (QED) is 0.523. The second-order valence-corrected chi connectivity index (χ2v) is 2.63. The number of hydrogen-bond acceptors (Lipinski definition) is 2. The fourth-order valence-electron chi connectivity index (χ4n) is 0.566. The Morgan fingerprint density at radius 1 is 1.60 bits per heavy atom. The first-order valence-electron chi connectivity index (χ1n) is 2.60. The molecule has 0 atom stereocenters. The van der Waals surface area contributed by atoms with E-state index in [9.17, 15) is 4.39 Å². The van der Waals surface area contributed by atoms with Crippen LogP contribution in [0.3, 0.4) is 0 Å². The molecule has 0 aromatic carbocycles. The standard InChI is InChI=1S/C5H5Cl2FN2/c1-10-2-3(8)4(6)9-5(10)7/h2H2,1H3. The molecule has 0 unspecified atom stereocenters. The summed E-state index contributed by atoms with van der Waals surface area (Å²) in [4.78, 5) is 4.98. The Bertz CT molecular complexity index is 212. The van der Waals surface area contributed by atoms with Crippen LogP contribution in [0.5, 0.6) is 0 Å². The van der Waals surface area contributed by atoms with Crippen molar-refractivity contribution in [2.45, 2.75) is 0 Å². The molecule has 56 valence electrons. The van der Waals surface area contributed by atoms with Crippen LogP contribution in [0, 0.1) is 0 Å². The van der Waals surface area contributed by atoms with Gasteiger partial charge in [0.2, 0.25) is 0 Å². The molecule has 5 heteroatoms. The van der Waals surface area contributed by atoms with Crippen LogP contribution in [-0.2, 0) is 0 Å². The second kappa shape index (κ2) is 2.76. The Hall–Kier alpha value is -0.280. The fourth-order valence-corrected chi connectivity index (χ4v) is 0.893. The van der Waals surface area contributed by atoms with Gasteiger partial charge in [-0.25, -0.2) is 9.38 Å². The summed E-state index contributed by atoms with van der Waals surface area (Å²) in [5.74, 6) is -0.450. The first kappa shape index (κ1) is 7.82. The van der Waals surface area contributed by atoms with E-state index < -0.39 is 5.83 Å². The van der Waals surface area contributed by atoms with E-state index in [1.165, 1.54) is 4.90 Å². The van der Waals surface area contributed by atoms with Gasteiger partial charge in [-0.3, -0.25) is 0 Å². The molecule has 1 aliphatic rings. The van der Waals surface area contributed by atoms with Gasteiger partial charge in [0.1, 0.15) is 0 Å². The van der Waals surface area contributed by atoms with E-state index in [1.807, 2.05) is 0 Å². The SMILES string of the molecule is CN1CC(F)=C(Cl)N=C1Cl. The maximum atomic E-state index is 12.5. The molecule has 0 aliphatic carbocycles. The maximum Gasteiger partial charge on any atom is 0.200 e. The molecule has 0 spiro atoms. The molecule has 1 aliphatic heterocycles. The fraction of sp³-hybridized carbons (Fsp3) is 0.400. The van der Waals surface area contributed by atoms with Crippen molar-refractivity contribution in [1.82, 2.24) is 4.90 Å². The molecule has 10 heavy (non-hydrogen) atoms. The lowest BCUT2D eigenvalue weighted by atomic mass is 10.5. The first-order chi connectivity index (χ1) is 4.61. The third-order valence-corrected chi connectivity index (χ3v) is 1.77. The molecule has 0 saturated carbocycles. The number of hydrogen-bond donors (Lipinski definition) is 0. The molecule has 0 amide bonds. The van der Waals surface area contributed by atoms with E-state index in [0.717, 1.165) is 0 Å². The molecule has 0 saturated heterocycles. The van der Waals surface area contributed by atoms with Crippen LogP contribution in [-0.4, -0.2) is 23.8 Å². The molecule has 1 rings (SSSR count). The van der Waals surface area contributed by atoms with Crippen LogP contribution in [0.2, 0.25) is 0 Å². The summed E-state index contributed by atoms with van der Waals surface area (Å²) in [5, 5.41) is 0.0644. The third kappa shape index (κ3) is 1.41. The minimum Gasteiger partial charge on any atom is -0.343 e. The number of amidine groups is 1. The molecule has 0 N–H and O–H groups in total. The molecule has 2 nitrogen and oxygen atoms in total. The molecular weight excluding hydrogens is 178 g/mol. The van der Waals surface area contributed by atoms with Crippen LogP contribution >= 0.6 is 23.2 Å². The highest BCUT2D eigenvalue weighted by Crippen LogP contribution is 2.19. The van der Waals surface area contributed by atoms with Gasteiger partial charge < -0.3 is 4.90 Å². The Morgan fingerprint density at radius 3 is 2.70 bits per heavy atom. The van der Waals surface area contributed by atoms with Gasteiger partial charge in [-0.05, 0) is 11.6 Å². The maximum absolute atomic E-state index is 12.5. The summed E-state index contributed by atoms with van der Waals surface area (Å²) < 4.78 is 12.5. The van der Waals surface area contributed by atoms with E-state index in [0.29, 0.717) is 0 Å². The Kier molecular flexibility index (Phi) is 2.16. The monoisotopic (exact) mass is 182 g/mol. The number of rotatable bonds is 0. The van der Waals surface area contributed by atoms with Crippen molar-refractivity contribution in [2.24, 2.45) is 4.99 Å². The van der Waals surface area contributed by atoms with Gasteiger partial charge >= 0.3 is 0 Å². The van der Waals surface area contributed by atoms with Crippen molar-refractivity contribution < 1.29 is 4.39 Å². The van der Waals surface area contributed by atoms with Crippen molar-refractivity contribution in [3.8, 4) is 0 Å². The van der Waals surface area contributed by atoms with Crippen molar-refractivity contribution in [1.29, 1.82) is 0 Å². The topological polar surface area (TPSA) is 15.6 Å². The van der Waals surface area contributed by atoms with Gasteiger partial charge in [-0.15, -0.1) is 0 Å². The van der Waals surface area contributed by atoms with Gasteiger partial charge in [0, 0.05) is 7.05 Å². The summed E-state index contributed by atoms with van der Waals surface area (Å²) >= 11 is 10.9. The Labute approximate surface area is 67.9 Å². The lowest BCUT2D eigenvalue weighted by Gasteiger charge is -2.18. The minimum absolute atomic E-state index is 0.0984. The summed E-state index contributed by atoms with van der Waals surface area (Å²) in [6, 6.07) is 0. The van der Waals surface area contributed by atoms with Crippen molar-refractivity contribution in [3.05, 3.63) is 11.0 Å². The normalized spacial score (nSPS) is 19.6. The first-order valence-corrected chi connectivity index (χ1v) is 3.36. The minimum atomic E-state index is -0.450. The highest BCUT2D eigenvalue weighted by molar-refractivity contribution is 6.65. The van der Waals surface area contributed by atoms with Gasteiger partial charge in [0.25, 0.3) is 0 Å².